The molecule has 21 heavy (non-hydrogen) atoms. The Morgan fingerprint density at radius 1 is 1.05 bits per heavy atom. The number of rotatable bonds is 3. The van der Waals surface area contributed by atoms with Crippen molar-refractivity contribution in [3.63, 3.8) is 0 Å². The molecule has 0 unspecified atom stereocenters. The molecular formula is C18H16O3. The third kappa shape index (κ3) is 2.21. The van der Waals surface area contributed by atoms with Crippen LogP contribution in [-0.4, -0.2) is 13.4 Å². The number of fused-ring (bicyclic) bond motifs is 1. The van der Waals surface area contributed by atoms with Gasteiger partial charge in [0.2, 0.25) is 0 Å². The van der Waals surface area contributed by atoms with Crippen molar-refractivity contribution in [2.45, 2.75) is 13.8 Å². The van der Waals surface area contributed by atoms with Gasteiger partial charge >= 0.3 is 0 Å². The standard InChI is InChI=1S/C18H16O3/c1-11-4-5-13(8-12(11)2)17-9-15-14(10-19)6-7-16(20-3)18(15)21-17/h4-10H,1-3H3. The molecular weight excluding hydrogens is 264 g/mol. The predicted molar refractivity (Wildman–Crippen MR) is 83.1 cm³/mol. The fourth-order valence-corrected chi connectivity index (χ4v) is 2.42. The first-order valence-electron chi connectivity index (χ1n) is 6.77. The second-order valence-electron chi connectivity index (χ2n) is 5.13. The molecule has 3 aromatic rings. The van der Waals surface area contributed by atoms with Gasteiger partial charge in [0, 0.05) is 16.5 Å². The van der Waals surface area contributed by atoms with Crippen molar-refractivity contribution in [3.05, 3.63) is 53.1 Å². The minimum Gasteiger partial charge on any atom is -0.493 e. The quantitative estimate of drug-likeness (QED) is 0.661. The summed E-state index contributed by atoms with van der Waals surface area (Å²) in [6.07, 6.45) is 0.835. The first-order chi connectivity index (χ1) is 10.1. The first kappa shape index (κ1) is 13.4. The van der Waals surface area contributed by atoms with E-state index in [9.17, 15) is 4.79 Å². The molecule has 106 valence electrons. The molecule has 0 amide bonds. The van der Waals surface area contributed by atoms with Gasteiger partial charge in [0.05, 0.1) is 7.11 Å². The summed E-state index contributed by atoms with van der Waals surface area (Å²) in [5.74, 6) is 1.37. The molecule has 3 rings (SSSR count). The summed E-state index contributed by atoms with van der Waals surface area (Å²) in [5, 5.41) is 0.776. The van der Waals surface area contributed by atoms with Gasteiger partial charge < -0.3 is 9.15 Å². The van der Waals surface area contributed by atoms with Crippen molar-refractivity contribution < 1.29 is 13.9 Å². The topological polar surface area (TPSA) is 39.4 Å². The summed E-state index contributed by atoms with van der Waals surface area (Å²) in [4.78, 5) is 11.2. The lowest BCUT2D eigenvalue weighted by molar-refractivity contribution is 0.112. The molecule has 0 aliphatic rings. The van der Waals surface area contributed by atoms with Gasteiger partial charge in [0.1, 0.15) is 5.76 Å². The summed E-state index contributed by atoms with van der Waals surface area (Å²) in [6, 6.07) is 11.6. The number of furan rings is 1. The van der Waals surface area contributed by atoms with Gasteiger partial charge in [-0.05, 0) is 49.2 Å². The van der Waals surface area contributed by atoms with Crippen molar-refractivity contribution in [2.75, 3.05) is 7.11 Å². The van der Waals surface area contributed by atoms with Crippen LogP contribution in [0.1, 0.15) is 21.5 Å². The van der Waals surface area contributed by atoms with E-state index >= 15 is 0 Å². The highest BCUT2D eigenvalue weighted by atomic mass is 16.5. The van der Waals surface area contributed by atoms with Crippen LogP contribution in [0.2, 0.25) is 0 Å². The molecule has 0 spiro atoms. The Kier molecular flexibility index (Phi) is 3.26. The Hall–Kier alpha value is -2.55. The third-order valence-electron chi connectivity index (χ3n) is 3.82. The SMILES string of the molecule is COc1ccc(C=O)c2cc(-c3ccc(C)c(C)c3)oc12. The number of carbonyl (C=O) groups is 1. The van der Waals surface area contributed by atoms with E-state index in [1.54, 1.807) is 19.2 Å². The number of methoxy groups -OCH3 is 1. The molecule has 1 heterocycles. The van der Waals surface area contributed by atoms with E-state index in [0.717, 1.165) is 23.0 Å². The Bertz CT molecular complexity index is 828. The lowest BCUT2D eigenvalue weighted by Gasteiger charge is -2.02. The maximum atomic E-state index is 11.2. The number of hydrogen-bond donors (Lipinski definition) is 0. The molecule has 2 aromatic carbocycles. The summed E-state index contributed by atoms with van der Waals surface area (Å²) in [6.45, 7) is 4.14. The Balaban J connectivity index is 2.24. The predicted octanol–water partition coefficient (Wildman–Crippen LogP) is 4.54. The van der Waals surface area contributed by atoms with Gasteiger partial charge in [-0.2, -0.15) is 0 Å². The van der Waals surface area contributed by atoms with E-state index in [0.29, 0.717) is 16.9 Å². The van der Waals surface area contributed by atoms with Crippen molar-refractivity contribution in [1.82, 2.24) is 0 Å². The average molecular weight is 280 g/mol. The van der Waals surface area contributed by atoms with Crippen LogP contribution in [0, 0.1) is 13.8 Å². The molecule has 0 N–H and O–H groups in total. The molecule has 0 atom stereocenters. The summed E-state index contributed by atoms with van der Waals surface area (Å²) >= 11 is 0. The average Bonchev–Trinajstić information content (AvgIpc) is 2.94. The monoisotopic (exact) mass is 280 g/mol. The molecule has 3 nitrogen and oxygen atoms in total. The van der Waals surface area contributed by atoms with Gasteiger partial charge in [-0.3, -0.25) is 4.79 Å². The normalized spacial score (nSPS) is 10.8. The van der Waals surface area contributed by atoms with Crippen molar-refractivity contribution in [3.8, 4) is 17.1 Å². The zero-order chi connectivity index (χ0) is 15.0. The molecule has 0 radical (unpaired) electrons. The Morgan fingerprint density at radius 2 is 1.86 bits per heavy atom. The maximum Gasteiger partial charge on any atom is 0.177 e. The largest absolute Gasteiger partial charge is 0.493 e. The molecule has 0 saturated heterocycles. The van der Waals surface area contributed by atoms with E-state index in [4.69, 9.17) is 9.15 Å². The number of aldehydes is 1. The number of ether oxygens (including phenoxy) is 1. The zero-order valence-electron chi connectivity index (χ0n) is 12.3. The number of benzene rings is 2. The highest BCUT2D eigenvalue weighted by Crippen LogP contribution is 2.35. The van der Waals surface area contributed by atoms with Crippen LogP contribution in [0.5, 0.6) is 5.75 Å². The van der Waals surface area contributed by atoms with Crippen LogP contribution >= 0.6 is 0 Å². The van der Waals surface area contributed by atoms with Crippen LogP contribution in [0.25, 0.3) is 22.3 Å². The highest BCUT2D eigenvalue weighted by Gasteiger charge is 2.14. The second kappa shape index (κ2) is 5.09. The lowest BCUT2D eigenvalue weighted by atomic mass is 10.0. The smallest absolute Gasteiger partial charge is 0.177 e. The maximum absolute atomic E-state index is 11.2. The zero-order valence-corrected chi connectivity index (χ0v) is 12.3. The summed E-state index contributed by atoms with van der Waals surface area (Å²) in [5.41, 5.74) is 4.64. The van der Waals surface area contributed by atoms with Crippen LogP contribution < -0.4 is 4.74 Å². The Morgan fingerprint density at radius 3 is 2.52 bits per heavy atom. The Labute approximate surface area is 123 Å². The van der Waals surface area contributed by atoms with Gasteiger partial charge in [0.15, 0.2) is 17.6 Å². The van der Waals surface area contributed by atoms with Crippen LogP contribution in [0.4, 0.5) is 0 Å². The fraction of sp³-hybridized carbons (Fsp3) is 0.167. The van der Waals surface area contributed by atoms with E-state index in [1.165, 1.54) is 11.1 Å². The third-order valence-corrected chi connectivity index (χ3v) is 3.82. The lowest BCUT2D eigenvalue weighted by Crippen LogP contribution is -1.86. The van der Waals surface area contributed by atoms with Gasteiger partial charge in [-0.25, -0.2) is 0 Å². The highest BCUT2D eigenvalue weighted by molar-refractivity contribution is 6.00. The summed E-state index contributed by atoms with van der Waals surface area (Å²) in [7, 11) is 1.59. The second-order valence-corrected chi connectivity index (χ2v) is 5.13. The molecule has 0 aliphatic carbocycles. The van der Waals surface area contributed by atoms with E-state index in [1.807, 2.05) is 12.1 Å². The van der Waals surface area contributed by atoms with Crippen LogP contribution in [0.3, 0.4) is 0 Å². The molecule has 0 bridgehead atoms. The fourth-order valence-electron chi connectivity index (χ4n) is 2.42. The van der Waals surface area contributed by atoms with E-state index < -0.39 is 0 Å². The van der Waals surface area contributed by atoms with E-state index in [2.05, 4.69) is 26.0 Å². The van der Waals surface area contributed by atoms with Crippen LogP contribution in [-0.2, 0) is 0 Å². The van der Waals surface area contributed by atoms with Gasteiger partial charge in [-0.15, -0.1) is 0 Å². The van der Waals surface area contributed by atoms with Crippen molar-refractivity contribution in [1.29, 1.82) is 0 Å². The molecule has 1 aromatic heterocycles. The van der Waals surface area contributed by atoms with Gasteiger partial charge in [-0.1, -0.05) is 12.1 Å². The molecule has 0 fully saturated rings. The number of carbonyl (C=O) groups excluding carboxylic acids is 1. The summed E-state index contributed by atoms with van der Waals surface area (Å²) < 4.78 is 11.2. The first-order valence-corrected chi connectivity index (χ1v) is 6.77. The van der Waals surface area contributed by atoms with Gasteiger partial charge in [0.25, 0.3) is 0 Å². The molecule has 3 heteroatoms. The number of hydrogen-bond acceptors (Lipinski definition) is 3. The minimum absolute atomic E-state index is 0.602. The number of aryl methyl sites for hydroxylation is 2. The molecule has 0 aliphatic heterocycles. The van der Waals surface area contributed by atoms with E-state index in [-0.39, 0.29) is 0 Å². The van der Waals surface area contributed by atoms with Crippen molar-refractivity contribution >= 4 is 17.3 Å². The minimum atomic E-state index is 0.602. The molecule has 0 saturated carbocycles. The van der Waals surface area contributed by atoms with Crippen molar-refractivity contribution in [2.24, 2.45) is 0 Å². The van der Waals surface area contributed by atoms with Crippen LogP contribution in [0.15, 0.2) is 40.8 Å².